The maximum absolute atomic E-state index is 10.3. The summed E-state index contributed by atoms with van der Waals surface area (Å²) in [6.07, 6.45) is 4.26. The van der Waals surface area contributed by atoms with Gasteiger partial charge in [-0.25, -0.2) is 9.67 Å². The Balaban J connectivity index is 1.42. The Morgan fingerprint density at radius 3 is 2.92 bits per heavy atom. The molecule has 3 heterocycles. The maximum Gasteiger partial charge on any atom is 0.147 e. The van der Waals surface area contributed by atoms with Gasteiger partial charge in [-0.05, 0) is 46.1 Å². The van der Waals surface area contributed by atoms with Crippen LogP contribution < -0.4 is 0 Å². The van der Waals surface area contributed by atoms with Crippen LogP contribution in [0.3, 0.4) is 0 Å². The van der Waals surface area contributed by atoms with Crippen LogP contribution in [0, 0.1) is 13.8 Å². The largest absolute Gasteiger partial charge is 0.389 e. The van der Waals surface area contributed by atoms with Crippen molar-refractivity contribution in [3.8, 4) is 0 Å². The molecular formula is C17H30N4O3. The van der Waals surface area contributed by atoms with Gasteiger partial charge in [-0.15, -0.1) is 0 Å². The average Bonchev–Trinajstić information content (AvgIpc) is 3.24. The van der Waals surface area contributed by atoms with E-state index in [2.05, 4.69) is 15.0 Å². The summed E-state index contributed by atoms with van der Waals surface area (Å²) in [5.41, 5.74) is 0. The molecule has 3 unspecified atom stereocenters. The minimum Gasteiger partial charge on any atom is -0.389 e. The summed E-state index contributed by atoms with van der Waals surface area (Å²) in [6, 6.07) is 0.414. The number of aliphatic hydroxyl groups excluding tert-OH is 1. The van der Waals surface area contributed by atoms with Gasteiger partial charge in [0.15, 0.2) is 0 Å². The van der Waals surface area contributed by atoms with E-state index in [1.165, 1.54) is 6.42 Å². The molecule has 3 rings (SSSR count). The molecule has 1 aromatic rings. The molecule has 2 aliphatic heterocycles. The van der Waals surface area contributed by atoms with Crippen LogP contribution in [0.15, 0.2) is 0 Å². The molecule has 0 spiro atoms. The van der Waals surface area contributed by atoms with Crippen molar-refractivity contribution in [2.45, 2.75) is 64.3 Å². The monoisotopic (exact) mass is 338 g/mol. The smallest absolute Gasteiger partial charge is 0.147 e. The highest BCUT2D eigenvalue weighted by Crippen LogP contribution is 2.19. The second-order valence-corrected chi connectivity index (χ2v) is 7.01. The van der Waals surface area contributed by atoms with E-state index in [-0.39, 0.29) is 6.10 Å². The lowest BCUT2D eigenvalue weighted by atomic mass is 10.2. The molecule has 0 bridgehead atoms. The van der Waals surface area contributed by atoms with E-state index >= 15 is 0 Å². The molecule has 0 aliphatic carbocycles. The molecule has 24 heavy (non-hydrogen) atoms. The third kappa shape index (κ3) is 4.75. The van der Waals surface area contributed by atoms with Crippen molar-refractivity contribution in [1.29, 1.82) is 0 Å². The molecular weight excluding hydrogens is 308 g/mol. The Morgan fingerprint density at radius 1 is 1.33 bits per heavy atom. The molecule has 2 aliphatic rings. The molecule has 1 aromatic heterocycles. The van der Waals surface area contributed by atoms with Gasteiger partial charge in [0.1, 0.15) is 11.6 Å². The van der Waals surface area contributed by atoms with E-state index in [0.717, 1.165) is 50.6 Å². The summed E-state index contributed by atoms with van der Waals surface area (Å²) in [5, 5.41) is 14.7. The molecule has 136 valence electrons. The SMILES string of the molecule is Cc1nc(C)n(CC2CCCN2CC(O)COCC2CCCO2)n1. The number of hydrogen-bond donors (Lipinski definition) is 1. The van der Waals surface area contributed by atoms with Crippen LogP contribution >= 0.6 is 0 Å². The minimum atomic E-state index is -0.453. The predicted octanol–water partition coefficient (Wildman–Crippen LogP) is 0.916. The maximum atomic E-state index is 10.3. The van der Waals surface area contributed by atoms with Crippen molar-refractivity contribution >= 4 is 0 Å². The van der Waals surface area contributed by atoms with Crippen molar-refractivity contribution in [3.63, 3.8) is 0 Å². The molecule has 2 fully saturated rings. The zero-order chi connectivity index (χ0) is 16.9. The van der Waals surface area contributed by atoms with Crippen molar-refractivity contribution in [2.24, 2.45) is 0 Å². The number of nitrogens with zero attached hydrogens (tertiary/aromatic N) is 4. The average molecular weight is 338 g/mol. The second-order valence-electron chi connectivity index (χ2n) is 7.01. The third-order valence-electron chi connectivity index (χ3n) is 4.93. The fourth-order valence-corrected chi connectivity index (χ4v) is 3.71. The number of likely N-dealkylation sites (tertiary alicyclic amines) is 1. The minimum absolute atomic E-state index is 0.218. The lowest BCUT2D eigenvalue weighted by molar-refractivity contribution is -0.0266. The quantitative estimate of drug-likeness (QED) is 0.760. The molecule has 2 saturated heterocycles. The van der Waals surface area contributed by atoms with E-state index in [4.69, 9.17) is 9.47 Å². The lowest BCUT2D eigenvalue weighted by Crippen LogP contribution is -2.40. The van der Waals surface area contributed by atoms with Crippen LogP contribution in [0.25, 0.3) is 0 Å². The molecule has 7 heteroatoms. The first-order valence-corrected chi connectivity index (χ1v) is 9.11. The van der Waals surface area contributed by atoms with E-state index < -0.39 is 6.10 Å². The number of rotatable bonds is 8. The van der Waals surface area contributed by atoms with Gasteiger partial charge in [-0.1, -0.05) is 0 Å². The Labute approximate surface area is 144 Å². The van der Waals surface area contributed by atoms with E-state index in [0.29, 0.717) is 25.8 Å². The third-order valence-corrected chi connectivity index (χ3v) is 4.93. The van der Waals surface area contributed by atoms with Gasteiger partial charge in [0.2, 0.25) is 0 Å². The number of aliphatic hydroxyl groups is 1. The fraction of sp³-hybridized carbons (Fsp3) is 0.882. The van der Waals surface area contributed by atoms with Crippen molar-refractivity contribution < 1.29 is 14.6 Å². The molecule has 7 nitrogen and oxygen atoms in total. The van der Waals surface area contributed by atoms with Crippen molar-refractivity contribution in [3.05, 3.63) is 11.6 Å². The zero-order valence-corrected chi connectivity index (χ0v) is 14.9. The molecule has 0 radical (unpaired) electrons. The summed E-state index contributed by atoms with van der Waals surface area (Å²) in [5.74, 6) is 1.78. The predicted molar refractivity (Wildman–Crippen MR) is 89.9 cm³/mol. The molecule has 1 N–H and O–H groups in total. The zero-order valence-electron chi connectivity index (χ0n) is 14.9. The molecule has 0 saturated carbocycles. The molecule has 0 amide bonds. The highest BCUT2D eigenvalue weighted by Gasteiger charge is 2.27. The fourth-order valence-electron chi connectivity index (χ4n) is 3.71. The Morgan fingerprint density at radius 2 is 2.21 bits per heavy atom. The topological polar surface area (TPSA) is 72.6 Å². The highest BCUT2D eigenvalue weighted by atomic mass is 16.5. The first-order chi connectivity index (χ1) is 11.6. The van der Waals surface area contributed by atoms with Crippen LogP contribution in [0.2, 0.25) is 0 Å². The normalized spacial score (nSPS) is 26.3. The van der Waals surface area contributed by atoms with E-state index in [1.54, 1.807) is 0 Å². The molecule has 0 aromatic carbocycles. The number of β-amino-alcohol motifs (C(OH)–C–C–N with tert-alkyl or cyclic N) is 1. The molecule has 3 atom stereocenters. The summed E-state index contributed by atoms with van der Waals surface area (Å²) in [7, 11) is 0. The van der Waals surface area contributed by atoms with Crippen LogP contribution in [0.5, 0.6) is 0 Å². The van der Waals surface area contributed by atoms with Gasteiger partial charge in [0, 0.05) is 19.2 Å². The number of aromatic nitrogens is 3. The Bertz CT molecular complexity index is 516. The van der Waals surface area contributed by atoms with Crippen LogP contribution in [0.1, 0.15) is 37.3 Å². The van der Waals surface area contributed by atoms with Gasteiger partial charge < -0.3 is 14.6 Å². The summed E-state index contributed by atoms with van der Waals surface area (Å²) in [4.78, 5) is 6.73. The number of aryl methyl sites for hydroxylation is 2. The van der Waals surface area contributed by atoms with Crippen LogP contribution in [-0.4, -0.2) is 75.9 Å². The van der Waals surface area contributed by atoms with Gasteiger partial charge >= 0.3 is 0 Å². The lowest BCUT2D eigenvalue weighted by Gasteiger charge is -2.27. The first kappa shape index (κ1) is 17.8. The van der Waals surface area contributed by atoms with Gasteiger partial charge in [-0.2, -0.15) is 5.10 Å². The van der Waals surface area contributed by atoms with E-state index in [1.807, 2.05) is 18.5 Å². The summed E-state index contributed by atoms with van der Waals surface area (Å²) >= 11 is 0. The van der Waals surface area contributed by atoms with Gasteiger partial charge in [-0.3, -0.25) is 4.90 Å². The number of ether oxygens (including phenoxy) is 2. The highest BCUT2D eigenvalue weighted by molar-refractivity contribution is 4.90. The summed E-state index contributed by atoms with van der Waals surface area (Å²) < 4.78 is 13.2. The second kappa shape index (κ2) is 8.38. The van der Waals surface area contributed by atoms with Crippen molar-refractivity contribution in [2.75, 3.05) is 32.9 Å². The van der Waals surface area contributed by atoms with Crippen molar-refractivity contribution in [1.82, 2.24) is 19.7 Å². The van der Waals surface area contributed by atoms with Gasteiger partial charge in [0.05, 0.1) is 32.0 Å². The Kier molecular flexibility index (Phi) is 6.21. The van der Waals surface area contributed by atoms with Gasteiger partial charge in [0.25, 0.3) is 0 Å². The first-order valence-electron chi connectivity index (χ1n) is 9.11. The van der Waals surface area contributed by atoms with Crippen LogP contribution in [-0.2, 0) is 16.0 Å². The Hall–Kier alpha value is -1.02. The van der Waals surface area contributed by atoms with Crippen LogP contribution in [0.4, 0.5) is 0 Å². The van der Waals surface area contributed by atoms with E-state index in [9.17, 15) is 5.11 Å². The standard InChI is InChI=1S/C17H30N4O3/c1-13-18-14(2)21(19-13)9-15-5-3-7-20(15)10-16(22)11-23-12-17-6-4-8-24-17/h15-17,22H,3-12H2,1-2H3. The number of hydrogen-bond acceptors (Lipinski definition) is 6. The summed E-state index contributed by atoms with van der Waals surface area (Å²) in [6.45, 7) is 8.26.